The third-order valence-corrected chi connectivity index (χ3v) is 2.88. The Bertz CT molecular complexity index is 524. The van der Waals surface area contributed by atoms with Crippen LogP contribution in [0.15, 0.2) is 29.3 Å². The molecule has 0 radical (unpaired) electrons. The number of aliphatic imine (C=N–C) groups is 1. The van der Waals surface area contributed by atoms with E-state index in [1.165, 1.54) is 0 Å². The highest BCUT2D eigenvalue weighted by molar-refractivity contribution is 6.30. The number of guanidine groups is 1. The molecule has 1 aromatic carbocycles. The molecule has 3 N–H and O–H groups in total. The Morgan fingerprint density at radius 2 is 1.87 bits per heavy atom. The van der Waals surface area contributed by atoms with Crippen molar-refractivity contribution in [1.82, 2.24) is 16.0 Å². The Kier molecular flexibility index (Phi) is 7.68. The summed E-state index contributed by atoms with van der Waals surface area (Å²) in [6.45, 7) is 7.00. The quantitative estimate of drug-likeness (QED) is 0.419. The minimum atomic E-state index is -0.248. The van der Waals surface area contributed by atoms with E-state index in [0.717, 1.165) is 5.75 Å². The van der Waals surface area contributed by atoms with E-state index in [1.54, 1.807) is 19.2 Å². The van der Waals surface area contributed by atoms with Crippen LogP contribution in [0.25, 0.3) is 0 Å². The van der Waals surface area contributed by atoms with E-state index in [2.05, 4.69) is 20.9 Å². The summed E-state index contributed by atoms with van der Waals surface area (Å²) >= 11 is 5.81. The van der Waals surface area contributed by atoms with Gasteiger partial charge in [-0.2, -0.15) is 0 Å². The lowest BCUT2D eigenvalue weighted by Gasteiger charge is -2.21. The lowest BCUT2D eigenvalue weighted by atomic mass is 10.1. The Hall–Kier alpha value is -1.95. The second-order valence-corrected chi connectivity index (χ2v) is 6.39. The summed E-state index contributed by atoms with van der Waals surface area (Å²) in [5.74, 6) is 1.22. The van der Waals surface area contributed by atoms with Gasteiger partial charge in [-0.3, -0.25) is 9.79 Å². The molecule has 0 saturated heterocycles. The molecule has 23 heavy (non-hydrogen) atoms. The van der Waals surface area contributed by atoms with Gasteiger partial charge in [0, 0.05) is 17.6 Å². The Morgan fingerprint density at radius 1 is 1.22 bits per heavy atom. The summed E-state index contributed by atoms with van der Waals surface area (Å²) in [7, 11) is 1.65. The molecule has 128 valence electrons. The van der Waals surface area contributed by atoms with Crippen LogP contribution in [-0.2, 0) is 4.79 Å². The van der Waals surface area contributed by atoms with Crippen LogP contribution in [0.2, 0.25) is 5.02 Å². The van der Waals surface area contributed by atoms with Gasteiger partial charge >= 0.3 is 0 Å². The van der Waals surface area contributed by atoms with Crippen LogP contribution in [-0.4, -0.2) is 44.1 Å². The first-order valence-electron chi connectivity index (χ1n) is 7.44. The van der Waals surface area contributed by atoms with Crippen molar-refractivity contribution in [3.63, 3.8) is 0 Å². The van der Waals surface area contributed by atoms with Crippen LogP contribution in [0, 0.1) is 0 Å². The molecule has 0 aliphatic rings. The third-order valence-electron chi connectivity index (χ3n) is 2.63. The zero-order chi connectivity index (χ0) is 17.3. The highest BCUT2D eigenvalue weighted by Crippen LogP contribution is 2.14. The zero-order valence-corrected chi connectivity index (χ0v) is 14.8. The van der Waals surface area contributed by atoms with Gasteiger partial charge < -0.3 is 20.7 Å². The minimum absolute atomic E-state index is 0.0853. The van der Waals surface area contributed by atoms with Gasteiger partial charge in [0.1, 0.15) is 12.4 Å². The van der Waals surface area contributed by atoms with E-state index in [-0.39, 0.29) is 18.0 Å². The van der Waals surface area contributed by atoms with Gasteiger partial charge in [-0.1, -0.05) is 11.6 Å². The summed E-state index contributed by atoms with van der Waals surface area (Å²) in [4.78, 5) is 15.8. The van der Waals surface area contributed by atoms with E-state index in [4.69, 9.17) is 16.3 Å². The minimum Gasteiger partial charge on any atom is -0.492 e. The lowest BCUT2D eigenvalue weighted by Crippen LogP contribution is -2.48. The number of halogens is 1. The van der Waals surface area contributed by atoms with Gasteiger partial charge in [0.2, 0.25) is 5.91 Å². The summed E-state index contributed by atoms with van der Waals surface area (Å²) in [5, 5.41) is 9.58. The Labute approximate surface area is 142 Å². The maximum atomic E-state index is 11.7. The second kappa shape index (κ2) is 9.25. The molecule has 0 unspecified atom stereocenters. The van der Waals surface area contributed by atoms with Crippen molar-refractivity contribution in [3.05, 3.63) is 29.3 Å². The van der Waals surface area contributed by atoms with Gasteiger partial charge in [0.15, 0.2) is 5.96 Å². The van der Waals surface area contributed by atoms with Crippen LogP contribution in [0.5, 0.6) is 5.75 Å². The first kappa shape index (κ1) is 19.1. The maximum absolute atomic E-state index is 11.7. The molecule has 0 atom stereocenters. The van der Waals surface area contributed by atoms with Crippen molar-refractivity contribution in [2.45, 2.75) is 26.3 Å². The average molecular weight is 341 g/mol. The summed E-state index contributed by atoms with van der Waals surface area (Å²) in [5.41, 5.74) is -0.248. The molecule has 0 heterocycles. The van der Waals surface area contributed by atoms with E-state index in [0.29, 0.717) is 24.1 Å². The summed E-state index contributed by atoms with van der Waals surface area (Å²) in [6.07, 6.45) is 0. The Morgan fingerprint density at radius 3 is 2.43 bits per heavy atom. The smallest absolute Gasteiger partial charge is 0.239 e. The number of carbonyl (C=O) groups excluding carboxylic acids is 1. The van der Waals surface area contributed by atoms with E-state index >= 15 is 0 Å². The molecule has 0 spiro atoms. The molecule has 0 fully saturated rings. The predicted octanol–water partition coefficient (Wildman–Crippen LogP) is 1.80. The fourth-order valence-electron chi connectivity index (χ4n) is 1.72. The lowest BCUT2D eigenvalue weighted by molar-refractivity contribution is -0.121. The van der Waals surface area contributed by atoms with Gasteiger partial charge in [-0.05, 0) is 45.0 Å². The average Bonchev–Trinajstić information content (AvgIpc) is 2.46. The first-order chi connectivity index (χ1) is 10.8. The number of amides is 1. The van der Waals surface area contributed by atoms with Crippen molar-refractivity contribution >= 4 is 23.5 Å². The monoisotopic (exact) mass is 340 g/mol. The predicted molar refractivity (Wildman–Crippen MR) is 94.2 cm³/mol. The van der Waals surface area contributed by atoms with Crippen LogP contribution in [0.4, 0.5) is 0 Å². The van der Waals surface area contributed by atoms with Crippen LogP contribution in [0.1, 0.15) is 20.8 Å². The number of nitrogens with zero attached hydrogens (tertiary/aromatic N) is 1. The highest BCUT2D eigenvalue weighted by Gasteiger charge is 2.13. The normalized spacial score (nSPS) is 11.8. The van der Waals surface area contributed by atoms with Gasteiger partial charge in [-0.15, -0.1) is 0 Å². The van der Waals surface area contributed by atoms with E-state index in [9.17, 15) is 4.79 Å². The van der Waals surface area contributed by atoms with Crippen molar-refractivity contribution < 1.29 is 9.53 Å². The standard InChI is InChI=1S/C16H25ClN4O2/c1-16(2,3)21-14(22)11-20-15(18-4)19-9-10-23-13-7-5-12(17)6-8-13/h5-8H,9-11H2,1-4H3,(H,21,22)(H2,18,19,20). The number of hydrogen-bond donors (Lipinski definition) is 3. The Balaban J connectivity index is 2.24. The van der Waals surface area contributed by atoms with Crippen molar-refractivity contribution in [2.24, 2.45) is 4.99 Å². The fourth-order valence-corrected chi connectivity index (χ4v) is 1.84. The van der Waals surface area contributed by atoms with Crippen LogP contribution in [0.3, 0.4) is 0 Å². The molecule has 1 aromatic rings. The van der Waals surface area contributed by atoms with E-state index < -0.39 is 0 Å². The fraction of sp³-hybridized carbons (Fsp3) is 0.500. The highest BCUT2D eigenvalue weighted by atomic mass is 35.5. The van der Waals surface area contributed by atoms with Gasteiger partial charge in [0.05, 0.1) is 13.1 Å². The number of carbonyl (C=O) groups is 1. The SMILES string of the molecule is CN=C(NCCOc1ccc(Cl)cc1)NCC(=O)NC(C)(C)C. The molecule has 0 aromatic heterocycles. The molecular formula is C16H25ClN4O2. The number of hydrogen-bond acceptors (Lipinski definition) is 3. The number of ether oxygens (including phenoxy) is 1. The zero-order valence-electron chi connectivity index (χ0n) is 14.1. The van der Waals surface area contributed by atoms with Crippen molar-refractivity contribution in [3.8, 4) is 5.75 Å². The topological polar surface area (TPSA) is 74.8 Å². The molecule has 0 saturated carbocycles. The summed E-state index contributed by atoms with van der Waals surface area (Å²) in [6, 6.07) is 7.18. The number of rotatable bonds is 6. The molecule has 0 bridgehead atoms. The molecule has 0 aliphatic heterocycles. The molecule has 0 aliphatic carbocycles. The van der Waals surface area contributed by atoms with Gasteiger partial charge in [-0.25, -0.2) is 0 Å². The molecule has 6 nitrogen and oxygen atoms in total. The molecular weight excluding hydrogens is 316 g/mol. The molecule has 1 rings (SSSR count). The van der Waals surface area contributed by atoms with Crippen molar-refractivity contribution in [2.75, 3.05) is 26.7 Å². The van der Waals surface area contributed by atoms with Gasteiger partial charge in [0.25, 0.3) is 0 Å². The summed E-state index contributed by atoms with van der Waals surface area (Å²) < 4.78 is 5.56. The largest absolute Gasteiger partial charge is 0.492 e. The molecule has 7 heteroatoms. The molecule has 1 amide bonds. The van der Waals surface area contributed by atoms with Crippen LogP contribution < -0.4 is 20.7 Å². The first-order valence-corrected chi connectivity index (χ1v) is 7.82. The third kappa shape index (κ3) is 8.93. The maximum Gasteiger partial charge on any atom is 0.239 e. The van der Waals surface area contributed by atoms with Crippen LogP contribution >= 0.6 is 11.6 Å². The second-order valence-electron chi connectivity index (χ2n) is 5.95. The van der Waals surface area contributed by atoms with E-state index in [1.807, 2.05) is 32.9 Å². The van der Waals surface area contributed by atoms with Crippen molar-refractivity contribution in [1.29, 1.82) is 0 Å². The number of benzene rings is 1. The number of nitrogens with one attached hydrogen (secondary N) is 3.